The van der Waals surface area contributed by atoms with Crippen LogP contribution in [0.1, 0.15) is 33.5 Å². The minimum Gasteiger partial charge on any atom is -0.493 e. The van der Waals surface area contributed by atoms with Crippen LogP contribution in [0.3, 0.4) is 0 Å². The predicted molar refractivity (Wildman–Crippen MR) is 135 cm³/mol. The molecule has 3 aromatic carbocycles. The fraction of sp³-hybridized carbons (Fsp3) is 0.276. The number of hydrogen-bond donors (Lipinski definition) is 1. The van der Waals surface area contributed by atoms with E-state index >= 15 is 0 Å². The van der Waals surface area contributed by atoms with Gasteiger partial charge in [-0.15, -0.1) is 0 Å². The van der Waals surface area contributed by atoms with Gasteiger partial charge in [0.15, 0.2) is 11.5 Å². The summed E-state index contributed by atoms with van der Waals surface area (Å²) in [5, 5.41) is 7.95. The number of aryl methyl sites for hydroxylation is 2. The number of aromatic nitrogens is 2. The molecule has 0 saturated heterocycles. The summed E-state index contributed by atoms with van der Waals surface area (Å²) in [4.78, 5) is 2.48. The van der Waals surface area contributed by atoms with E-state index in [0.29, 0.717) is 6.61 Å². The first-order chi connectivity index (χ1) is 16.6. The lowest BCUT2D eigenvalue weighted by Crippen LogP contribution is -2.29. The Labute approximate surface area is 201 Å². The SMILES string of the molecule is COc1cc(-c2n[nH]c3c2CN(Cc2ccccc2)CC3)ccc1OCc1cc(C)ccc1C. The van der Waals surface area contributed by atoms with Gasteiger partial charge in [0, 0.05) is 42.9 Å². The number of nitrogens with zero attached hydrogens (tertiary/aromatic N) is 2. The van der Waals surface area contributed by atoms with Gasteiger partial charge in [0.2, 0.25) is 0 Å². The van der Waals surface area contributed by atoms with Crippen molar-refractivity contribution in [1.82, 2.24) is 15.1 Å². The predicted octanol–water partition coefficient (Wildman–Crippen LogP) is 5.84. The molecular weight excluding hydrogens is 422 g/mol. The molecule has 1 aromatic heterocycles. The van der Waals surface area contributed by atoms with Crippen molar-refractivity contribution in [3.8, 4) is 22.8 Å². The van der Waals surface area contributed by atoms with Crippen LogP contribution in [-0.4, -0.2) is 28.8 Å². The van der Waals surface area contributed by atoms with Crippen molar-refractivity contribution in [3.05, 3.63) is 100 Å². The number of methoxy groups -OCH3 is 1. The van der Waals surface area contributed by atoms with E-state index in [4.69, 9.17) is 9.47 Å². The maximum absolute atomic E-state index is 6.16. The molecule has 0 saturated carbocycles. The highest BCUT2D eigenvalue weighted by Gasteiger charge is 2.23. The zero-order valence-corrected chi connectivity index (χ0v) is 20.1. The molecule has 174 valence electrons. The Kier molecular flexibility index (Phi) is 6.37. The minimum absolute atomic E-state index is 0.509. The van der Waals surface area contributed by atoms with Gasteiger partial charge >= 0.3 is 0 Å². The van der Waals surface area contributed by atoms with Gasteiger partial charge in [-0.25, -0.2) is 0 Å². The van der Waals surface area contributed by atoms with Crippen LogP contribution in [0.25, 0.3) is 11.3 Å². The van der Waals surface area contributed by atoms with Crippen molar-refractivity contribution in [2.24, 2.45) is 0 Å². The van der Waals surface area contributed by atoms with Gasteiger partial charge in [-0.2, -0.15) is 5.10 Å². The van der Waals surface area contributed by atoms with Gasteiger partial charge < -0.3 is 9.47 Å². The van der Waals surface area contributed by atoms with E-state index in [-0.39, 0.29) is 0 Å². The molecule has 5 rings (SSSR count). The normalized spacial score (nSPS) is 13.5. The number of H-pyrrole nitrogens is 1. The second-order valence-electron chi connectivity index (χ2n) is 9.06. The summed E-state index contributed by atoms with van der Waals surface area (Å²) in [6.07, 6.45) is 0.976. The van der Waals surface area contributed by atoms with E-state index in [0.717, 1.165) is 48.8 Å². The van der Waals surface area contributed by atoms with Crippen molar-refractivity contribution >= 4 is 0 Å². The molecule has 5 nitrogen and oxygen atoms in total. The zero-order valence-electron chi connectivity index (χ0n) is 20.1. The third-order valence-corrected chi connectivity index (χ3v) is 6.59. The lowest BCUT2D eigenvalue weighted by Gasteiger charge is -2.27. The molecule has 2 heterocycles. The highest BCUT2D eigenvalue weighted by molar-refractivity contribution is 5.68. The Bertz CT molecular complexity index is 1280. The van der Waals surface area contributed by atoms with Crippen molar-refractivity contribution < 1.29 is 9.47 Å². The number of aromatic amines is 1. The highest BCUT2D eigenvalue weighted by atomic mass is 16.5. The molecule has 5 heteroatoms. The molecular formula is C29H31N3O2. The van der Waals surface area contributed by atoms with Crippen LogP contribution in [0.2, 0.25) is 0 Å². The smallest absolute Gasteiger partial charge is 0.161 e. The van der Waals surface area contributed by atoms with E-state index in [1.807, 2.05) is 12.1 Å². The van der Waals surface area contributed by atoms with Gasteiger partial charge in [0.05, 0.1) is 12.8 Å². The fourth-order valence-electron chi connectivity index (χ4n) is 4.61. The van der Waals surface area contributed by atoms with Crippen molar-refractivity contribution in [1.29, 1.82) is 0 Å². The Morgan fingerprint density at radius 3 is 2.65 bits per heavy atom. The topological polar surface area (TPSA) is 50.4 Å². The number of rotatable bonds is 7. The molecule has 4 aromatic rings. The summed E-state index contributed by atoms with van der Waals surface area (Å²) >= 11 is 0. The van der Waals surface area contributed by atoms with E-state index in [1.54, 1.807) is 7.11 Å². The summed E-state index contributed by atoms with van der Waals surface area (Å²) in [5.41, 5.74) is 9.51. The quantitative estimate of drug-likeness (QED) is 0.382. The van der Waals surface area contributed by atoms with E-state index in [9.17, 15) is 0 Å². The highest BCUT2D eigenvalue weighted by Crippen LogP contribution is 2.35. The van der Waals surface area contributed by atoms with Gasteiger partial charge in [0.1, 0.15) is 6.61 Å². The van der Waals surface area contributed by atoms with Crippen molar-refractivity contribution in [2.45, 2.75) is 40.0 Å². The Balaban J connectivity index is 1.35. The van der Waals surface area contributed by atoms with Crippen LogP contribution in [0.5, 0.6) is 11.5 Å². The van der Waals surface area contributed by atoms with Crippen LogP contribution >= 0.6 is 0 Å². The average Bonchev–Trinajstić information content (AvgIpc) is 3.28. The molecule has 34 heavy (non-hydrogen) atoms. The Hall–Kier alpha value is -3.57. The largest absolute Gasteiger partial charge is 0.493 e. The first-order valence-corrected chi connectivity index (χ1v) is 11.8. The van der Waals surface area contributed by atoms with Gasteiger partial charge in [-0.05, 0) is 48.7 Å². The second-order valence-corrected chi connectivity index (χ2v) is 9.06. The number of nitrogens with one attached hydrogen (secondary N) is 1. The van der Waals surface area contributed by atoms with E-state index < -0.39 is 0 Å². The third-order valence-electron chi connectivity index (χ3n) is 6.59. The molecule has 1 aliphatic rings. The number of fused-ring (bicyclic) bond motifs is 1. The maximum Gasteiger partial charge on any atom is 0.161 e. The zero-order chi connectivity index (χ0) is 23.5. The summed E-state index contributed by atoms with van der Waals surface area (Å²) in [6, 6.07) is 23.2. The summed E-state index contributed by atoms with van der Waals surface area (Å²) < 4.78 is 11.9. The average molecular weight is 454 g/mol. The Morgan fingerprint density at radius 2 is 1.82 bits per heavy atom. The standard InChI is InChI=1S/C29H31N3O2/c1-20-9-10-21(2)24(15-20)19-34-27-12-11-23(16-28(27)33-3)29-25-18-32(14-13-26(25)30-31-29)17-22-7-5-4-6-8-22/h4-12,15-16H,13-14,17-19H2,1-3H3,(H,30,31). The first kappa shape index (κ1) is 22.2. The molecule has 0 aliphatic carbocycles. The molecule has 0 unspecified atom stereocenters. The number of benzene rings is 3. The molecule has 0 radical (unpaired) electrons. The first-order valence-electron chi connectivity index (χ1n) is 11.8. The minimum atomic E-state index is 0.509. The van der Waals surface area contributed by atoms with Crippen LogP contribution in [-0.2, 0) is 26.1 Å². The molecule has 0 atom stereocenters. The van der Waals surface area contributed by atoms with Crippen LogP contribution in [0.4, 0.5) is 0 Å². The third kappa shape index (κ3) is 4.70. The summed E-state index contributed by atoms with van der Waals surface area (Å²) in [5.74, 6) is 1.46. The monoisotopic (exact) mass is 453 g/mol. The van der Waals surface area contributed by atoms with Crippen molar-refractivity contribution in [2.75, 3.05) is 13.7 Å². The molecule has 0 amide bonds. The van der Waals surface area contributed by atoms with Gasteiger partial charge in [0.25, 0.3) is 0 Å². The number of ether oxygens (including phenoxy) is 2. The molecule has 0 bridgehead atoms. The van der Waals surface area contributed by atoms with Crippen LogP contribution < -0.4 is 9.47 Å². The lowest BCUT2D eigenvalue weighted by atomic mass is 10.00. The maximum atomic E-state index is 6.16. The van der Waals surface area contributed by atoms with Gasteiger partial charge in [-0.3, -0.25) is 10.00 Å². The van der Waals surface area contributed by atoms with Crippen LogP contribution in [0, 0.1) is 13.8 Å². The molecule has 1 aliphatic heterocycles. The van der Waals surface area contributed by atoms with Crippen molar-refractivity contribution in [3.63, 3.8) is 0 Å². The van der Waals surface area contributed by atoms with E-state index in [2.05, 4.69) is 83.5 Å². The molecule has 1 N–H and O–H groups in total. The second kappa shape index (κ2) is 9.74. The fourth-order valence-corrected chi connectivity index (χ4v) is 4.61. The summed E-state index contributed by atoms with van der Waals surface area (Å²) in [7, 11) is 1.69. The molecule has 0 fully saturated rings. The Morgan fingerprint density at radius 1 is 0.971 bits per heavy atom. The molecule has 0 spiro atoms. The lowest BCUT2D eigenvalue weighted by molar-refractivity contribution is 0.245. The van der Waals surface area contributed by atoms with Crippen LogP contribution in [0.15, 0.2) is 66.7 Å². The summed E-state index contributed by atoms with van der Waals surface area (Å²) in [6.45, 7) is 7.57. The number of hydrogen-bond acceptors (Lipinski definition) is 4. The van der Waals surface area contributed by atoms with E-state index in [1.165, 1.54) is 33.5 Å². The van der Waals surface area contributed by atoms with Gasteiger partial charge in [-0.1, -0.05) is 54.1 Å².